The number of nitrogens with zero attached hydrogens (tertiary/aromatic N) is 1. The van der Waals surface area contributed by atoms with Gasteiger partial charge in [0.2, 0.25) is 5.91 Å². The Morgan fingerprint density at radius 3 is 2.76 bits per heavy atom. The molecule has 0 aliphatic heterocycles. The second-order valence-electron chi connectivity index (χ2n) is 3.37. The average Bonchev–Trinajstić information content (AvgIpc) is 2.77. The SMILES string of the molecule is CCN(Cc1ccco1)C(=O)CSCC(=O)O. The van der Waals surface area contributed by atoms with Crippen molar-refractivity contribution in [2.24, 2.45) is 0 Å². The quantitative estimate of drug-likeness (QED) is 0.800. The highest BCUT2D eigenvalue weighted by Crippen LogP contribution is 2.08. The first-order chi connectivity index (χ1) is 8.13. The molecule has 0 spiro atoms. The highest BCUT2D eigenvalue weighted by molar-refractivity contribution is 8.00. The van der Waals surface area contributed by atoms with Crippen LogP contribution in [0, 0.1) is 0 Å². The van der Waals surface area contributed by atoms with Crippen molar-refractivity contribution in [2.45, 2.75) is 13.5 Å². The first-order valence-corrected chi connectivity index (χ1v) is 6.38. The van der Waals surface area contributed by atoms with E-state index in [4.69, 9.17) is 9.52 Å². The van der Waals surface area contributed by atoms with Crippen molar-refractivity contribution >= 4 is 23.6 Å². The largest absolute Gasteiger partial charge is 0.481 e. The highest BCUT2D eigenvalue weighted by atomic mass is 32.2. The molecule has 0 unspecified atom stereocenters. The summed E-state index contributed by atoms with van der Waals surface area (Å²) in [6, 6.07) is 3.58. The van der Waals surface area contributed by atoms with E-state index < -0.39 is 5.97 Å². The van der Waals surface area contributed by atoms with Gasteiger partial charge in [-0.25, -0.2) is 0 Å². The molecule has 17 heavy (non-hydrogen) atoms. The van der Waals surface area contributed by atoms with E-state index in [1.165, 1.54) is 0 Å². The number of rotatable bonds is 7. The van der Waals surface area contributed by atoms with Gasteiger partial charge in [0.15, 0.2) is 0 Å². The third kappa shape index (κ3) is 4.95. The van der Waals surface area contributed by atoms with Gasteiger partial charge in [-0.3, -0.25) is 9.59 Å². The molecule has 94 valence electrons. The molecule has 1 aromatic heterocycles. The van der Waals surface area contributed by atoms with Gasteiger partial charge in [0, 0.05) is 6.54 Å². The van der Waals surface area contributed by atoms with Crippen LogP contribution in [0.5, 0.6) is 0 Å². The second-order valence-corrected chi connectivity index (χ2v) is 4.36. The summed E-state index contributed by atoms with van der Waals surface area (Å²) >= 11 is 1.10. The molecular weight excluding hydrogens is 242 g/mol. The summed E-state index contributed by atoms with van der Waals surface area (Å²) in [5.74, 6) is -0.124. The molecule has 1 amide bonds. The van der Waals surface area contributed by atoms with Crippen LogP contribution in [0.3, 0.4) is 0 Å². The second kappa shape index (κ2) is 7.01. The maximum absolute atomic E-state index is 11.8. The first kappa shape index (κ1) is 13.6. The van der Waals surface area contributed by atoms with Crippen molar-refractivity contribution in [3.05, 3.63) is 24.2 Å². The summed E-state index contributed by atoms with van der Waals surface area (Å²) in [4.78, 5) is 23.7. The number of hydrogen-bond acceptors (Lipinski definition) is 4. The van der Waals surface area contributed by atoms with Crippen molar-refractivity contribution in [3.63, 3.8) is 0 Å². The molecule has 0 aliphatic rings. The minimum atomic E-state index is -0.906. The van der Waals surface area contributed by atoms with E-state index in [9.17, 15) is 9.59 Å². The maximum atomic E-state index is 11.8. The van der Waals surface area contributed by atoms with Gasteiger partial charge in [-0.2, -0.15) is 0 Å². The normalized spacial score (nSPS) is 10.2. The first-order valence-electron chi connectivity index (χ1n) is 5.23. The van der Waals surface area contributed by atoms with Gasteiger partial charge >= 0.3 is 5.97 Å². The van der Waals surface area contributed by atoms with E-state index >= 15 is 0 Å². The highest BCUT2D eigenvalue weighted by Gasteiger charge is 2.13. The van der Waals surface area contributed by atoms with Crippen LogP contribution in [-0.2, 0) is 16.1 Å². The maximum Gasteiger partial charge on any atom is 0.313 e. The van der Waals surface area contributed by atoms with E-state index in [0.29, 0.717) is 13.1 Å². The predicted octanol–water partition coefficient (Wildman–Crippen LogP) is 1.45. The Kier molecular flexibility index (Phi) is 5.62. The number of carbonyl (C=O) groups excluding carboxylic acids is 1. The summed E-state index contributed by atoms with van der Waals surface area (Å²) in [5, 5.41) is 8.47. The lowest BCUT2D eigenvalue weighted by atomic mass is 10.4. The number of furan rings is 1. The van der Waals surface area contributed by atoms with Gasteiger partial charge < -0.3 is 14.4 Å². The van der Waals surface area contributed by atoms with E-state index in [2.05, 4.69) is 0 Å². The average molecular weight is 257 g/mol. The van der Waals surface area contributed by atoms with Gasteiger partial charge in [-0.05, 0) is 19.1 Å². The summed E-state index contributed by atoms with van der Waals surface area (Å²) in [6.45, 7) is 2.88. The van der Waals surface area contributed by atoms with Gasteiger partial charge in [0.05, 0.1) is 24.3 Å². The Balaban J connectivity index is 2.38. The lowest BCUT2D eigenvalue weighted by molar-refractivity contribution is -0.133. The molecular formula is C11H15NO4S. The third-order valence-electron chi connectivity index (χ3n) is 2.11. The van der Waals surface area contributed by atoms with Crippen LogP contribution in [0.25, 0.3) is 0 Å². The standard InChI is InChI=1S/C11H15NO4S/c1-2-12(6-9-4-3-5-16-9)10(13)7-17-8-11(14)15/h3-5H,2,6-8H2,1H3,(H,14,15). The molecule has 1 rings (SSSR count). The number of aliphatic carboxylic acids is 1. The molecule has 0 radical (unpaired) electrons. The van der Waals surface area contributed by atoms with Crippen molar-refractivity contribution in [1.82, 2.24) is 4.90 Å². The van der Waals surface area contributed by atoms with Crippen LogP contribution >= 0.6 is 11.8 Å². The van der Waals surface area contributed by atoms with E-state index in [0.717, 1.165) is 17.5 Å². The Bertz CT molecular complexity index is 364. The molecule has 0 bridgehead atoms. The summed E-state index contributed by atoms with van der Waals surface area (Å²) in [6.07, 6.45) is 1.56. The Labute approximate surface area is 104 Å². The molecule has 1 N–H and O–H groups in total. The molecule has 5 nitrogen and oxygen atoms in total. The number of carboxylic acid groups (broad SMARTS) is 1. The molecule has 0 aliphatic carbocycles. The summed E-state index contributed by atoms with van der Waals surface area (Å²) in [5.41, 5.74) is 0. The minimum Gasteiger partial charge on any atom is -0.481 e. The van der Waals surface area contributed by atoms with Crippen LogP contribution in [0.15, 0.2) is 22.8 Å². The van der Waals surface area contributed by atoms with Crippen molar-refractivity contribution in [3.8, 4) is 0 Å². The van der Waals surface area contributed by atoms with Crippen LogP contribution in [-0.4, -0.2) is 39.9 Å². The predicted molar refractivity (Wildman–Crippen MR) is 64.8 cm³/mol. The van der Waals surface area contributed by atoms with Crippen LogP contribution in [0.1, 0.15) is 12.7 Å². The molecule has 6 heteroatoms. The van der Waals surface area contributed by atoms with Gasteiger partial charge in [-0.1, -0.05) is 0 Å². The fraction of sp³-hybridized carbons (Fsp3) is 0.455. The van der Waals surface area contributed by atoms with Gasteiger partial charge in [-0.15, -0.1) is 11.8 Å². The fourth-order valence-electron chi connectivity index (χ4n) is 1.28. The summed E-state index contributed by atoms with van der Waals surface area (Å²) in [7, 11) is 0. The lowest BCUT2D eigenvalue weighted by Gasteiger charge is -2.19. The van der Waals surface area contributed by atoms with Crippen LogP contribution < -0.4 is 0 Å². The molecule has 1 aromatic rings. The lowest BCUT2D eigenvalue weighted by Crippen LogP contribution is -2.31. The Hall–Kier alpha value is -1.43. The van der Waals surface area contributed by atoms with Crippen LogP contribution in [0.4, 0.5) is 0 Å². The number of thioether (sulfide) groups is 1. The third-order valence-corrected chi connectivity index (χ3v) is 3.01. The Morgan fingerprint density at radius 2 is 2.24 bits per heavy atom. The van der Waals surface area contributed by atoms with Gasteiger partial charge in [0.25, 0.3) is 0 Å². The zero-order chi connectivity index (χ0) is 12.7. The molecule has 0 saturated carbocycles. The minimum absolute atomic E-state index is 0.0515. The number of carbonyl (C=O) groups is 2. The van der Waals surface area contributed by atoms with Gasteiger partial charge in [0.1, 0.15) is 5.76 Å². The topological polar surface area (TPSA) is 70.8 Å². The monoisotopic (exact) mass is 257 g/mol. The molecule has 0 saturated heterocycles. The molecule has 1 heterocycles. The van der Waals surface area contributed by atoms with Crippen molar-refractivity contribution in [2.75, 3.05) is 18.1 Å². The molecule has 0 fully saturated rings. The van der Waals surface area contributed by atoms with E-state index in [-0.39, 0.29) is 17.4 Å². The van der Waals surface area contributed by atoms with E-state index in [1.807, 2.05) is 6.92 Å². The zero-order valence-electron chi connectivity index (χ0n) is 9.59. The number of carboxylic acids is 1. The molecule has 0 aromatic carbocycles. The van der Waals surface area contributed by atoms with Crippen molar-refractivity contribution in [1.29, 1.82) is 0 Å². The van der Waals surface area contributed by atoms with E-state index in [1.54, 1.807) is 23.3 Å². The van der Waals surface area contributed by atoms with Crippen molar-refractivity contribution < 1.29 is 19.1 Å². The molecule has 0 atom stereocenters. The fourth-order valence-corrected chi connectivity index (χ4v) is 1.92. The smallest absolute Gasteiger partial charge is 0.313 e. The number of hydrogen-bond donors (Lipinski definition) is 1. The van der Waals surface area contributed by atoms with Crippen LogP contribution in [0.2, 0.25) is 0 Å². The Morgan fingerprint density at radius 1 is 1.47 bits per heavy atom. The zero-order valence-corrected chi connectivity index (χ0v) is 10.4. The number of amides is 1. The summed E-state index contributed by atoms with van der Waals surface area (Å²) < 4.78 is 5.16.